The van der Waals surface area contributed by atoms with Gasteiger partial charge in [0.2, 0.25) is 5.91 Å². The maximum absolute atomic E-state index is 14.3. The zero-order valence-corrected chi connectivity index (χ0v) is 15.9. The first-order valence-corrected chi connectivity index (χ1v) is 9.63. The molecule has 4 rings (SSSR count). The summed E-state index contributed by atoms with van der Waals surface area (Å²) < 4.78 is 21.2. The fraction of sp³-hybridized carbons (Fsp3) is 0.273. The summed E-state index contributed by atoms with van der Waals surface area (Å²) in [5, 5.41) is 7.05. The molecule has 1 aliphatic rings. The molecular formula is C22H22FN3O3. The molecule has 2 aromatic carbocycles. The molecular weight excluding hydrogens is 373 g/mol. The Morgan fingerprint density at radius 3 is 2.86 bits per heavy atom. The number of carbonyl (C=O) groups is 1. The second kappa shape index (κ2) is 8.45. The fourth-order valence-corrected chi connectivity index (χ4v) is 3.47. The smallest absolute Gasteiger partial charge is 0.258 e. The number of hydrogen-bond acceptors (Lipinski definition) is 4. The number of pyridine rings is 1. The third kappa shape index (κ3) is 4.46. The lowest BCUT2D eigenvalue weighted by atomic mass is 10.2. The van der Waals surface area contributed by atoms with E-state index in [9.17, 15) is 14.0 Å². The highest BCUT2D eigenvalue weighted by molar-refractivity contribution is 5.91. The number of aromatic nitrogens is 1. The second-order valence-corrected chi connectivity index (χ2v) is 7.09. The Kier molecular flexibility index (Phi) is 5.57. The first kappa shape index (κ1) is 19.1. The van der Waals surface area contributed by atoms with Crippen LogP contribution in [0.5, 0.6) is 0 Å². The molecule has 1 saturated heterocycles. The zero-order valence-electron chi connectivity index (χ0n) is 15.9. The van der Waals surface area contributed by atoms with Crippen LogP contribution in [0, 0.1) is 5.82 Å². The molecule has 0 spiro atoms. The Morgan fingerprint density at radius 1 is 1.21 bits per heavy atom. The normalized spacial score (nSPS) is 16.1. The molecule has 7 heteroatoms. The van der Waals surface area contributed by atoms with Crippen molar-refractivity contribution in [2.75, 3.05) is 23.8 Å². The number of rotatable bonds is 6. The van der Waals surface area contributed by atoms with Gasteiger partial charge in [-0.1, -0.05) is 18.2 Å². The van der Waals surface area contributed by atoms with E-state index < -0.39 is 11.7 Å². The van der Waals surface area contributed by atoms with Crippen LogP contribution in [0.4, 0.5) is 15.8 Å². The highest BCUT2D eigenvalue weighted by Gasteiger charge is 2.16. The van der Waals surface area contributed by atoms with Crippen LogP contribution in [0.25, 0.3) is 10.8 Å². The number of fused-ring (bicyclic) bond motifs is 1. The van der Waals surface area contributed by atoms with Crippen LogP contribution in [0.1, 0.15) is 12.8 Å². The van der Waals surface area contributed by atoms with Gasteiger partial charge in [-0.05, 0) is 48.6 Å². The van der Waals surface area contributed by atoms with Gasteiger partial charge >= 0.3 is 0 Å². The first-order valence-electron chi connectivity index (χ1n) is 9.63. The third-order valence-corrected chi connectivity index (χ3v) is 5.00. The van der Waals surface area contributed by atoms with E-state index in [1.165, 1.54) is 10.6 Å². The van der Waals surface area contributed by atoms with E-state index in [1.807, 2.05) is 12.1 Å². The van der Waals surface area contributed by atoms with Crippen LogP contribution in [0.2, 0.25) is 0 Å². The minimum Gasteiger partial charge on any atom is -0.380 e. The van der Waals surface area contributed by atoms with Crippen LogP contribution < -0.4 is 16.2 Å². The van der Waals surface area contributed by atoms with Crippen LogP contribution >= 0.6 is 0 Å². The molecule has 0 aliphatic carbocycles. The molecule has 150 valence electrons. The number of amides is 1. The topological polar surface area (TPSA) is 72.4 Å². The minimum absolute atomic E-state index is 0.106. The van der Waals surface area contributed by atoms with Crippen molar-refractivity contribution >= 4 is 28.1 Å². The maximum atomic E-state index is 14.3. The minimum atomic E-state index is -0.455. The Labute approximate surface area is 167 Å². The molecule has 1 aromatic heterocycles. The molecule has 1 fully saturated rings. The quantitative estimate of drug-likeness (QED) is 0.671. The number of hydrogen-bond donors (Lipinski definition) is 2. The van der Waals surface area contributed by atoms with Crippen LogP contribution in [-0.4, -0.2) is 29.7 Å². The van der Waals surface area contributed by atoms with Crippen molar-refractivity contribution in [3.63, 3.8) is 0 Å². The molecule has 0 radical (unpaired) electrons. The summed E-state index contributed by atoms with van der Waals surface area (Å²) in [6, 6.07) is 13.5. The van der Waals surface area contributed by atoms with Crippen molar-refractivity contribution in [1.82, 2.24) is 4.57 Å². The Hall–Kier alpha value is -3.19. The van der Waals surface area contributed by atoms with Gasteiger partial charge in [0, 0.05) is 30.4 Å². The van der Waals surface area contributed by atoms with Gasteiger partial charge in [-0.15, -0.1) is 0 Å². The molecule has 1 amide bonds. The van der Waals surface area contributed by atoms with Crippen molar-refractivity contribution in [2.45, 2.75) is 25.5 Å². The largest absolute Gasteiger partial charge is 0.380 e. The van der Waals surface area contributed by atoms with Gasteiger partial charge in [-0.25, -0.2) is 4.39 Å². The van der Waals surface area contributed by atoms with E-state index in [4.69, 9.17) is 4.74 Å². The Bertz CT molecular complexity index is 1090. The van der Waals surface area contributed by atoms with Gasteiger partial charge in [-0.3, -0.25) is 9.59 Å². The van der Waals surface area contributed by atoms with Crippen molar-refractivity contribution in [1.29, 1.82) is 0 Å². The van der Waals surface area contributed by atoms with E-state index in [0.717, 1.165) is 24.8 Å². The van der Waals surface area contributed by atoms with Gasteiger partial charge in [0.1, 0.15) is 12.4 Å². The van der Waals surface area contributed by atoms with Gasteiger partial charge in [0.25, 0.3) is 5.56 Å². The first-order chi connectivity index (χ1) is 14.1. The molecule has 2 heterocycles. The number of nitrogens with one attached hydrogen (secondary N) is 2. The Balaban J connectivity index is 1.40. The Morgan fingerprint density at radius 2 is 2.07 bits per heavy atom. The fourth-order valence-electron chi connectivity index (χ4n) is 3.47. The van der Waals surface area contributed by atoms with Gasteiger partial charge in [0.05, 0.1) is 11.8 Å². The number of anilines is 2. The molecule has 0 saturated carbocycles. The van der Waals surface area contributed by atoms with Crippen molar-refractivity contribution < 1.29 is 13.9 Å². The van der Waals surface area contributed by atoms with Crippen molar-refractivity contribution in [3.8, 4) is 0 Å². The van der Waals surface area contributed by atoms with E-state index in [2.05, 4.69) is 10.6 Å². The molecule has 6 nitrogen and oxygen atoms in total. The standard InChI is InChI=1S/C22H22FN3O3/c23-19-12-16(7-8-20(19)24-13-17-5-3-11-29-17)25-21(27)14-26-10-9-15-4-1-2-6-18(15)22(26)28/h1-2,4,6-10,12,17,24H,3,5,11,13-14H2,(H,25,27). The predicted molar refractivity (Wildman–Crippen MR) is 111 cm³/mol. The molecule has 0 bridgehead atoms. The summed E-state index contributed by atoms with van der Waals surface area (Å²) in [5.74, 6) is -0.856. The summed E-state index contributed by atoms with van der Waals surface area (Å²) in [7, 11) is 0. The monoisotopic (exact) mass is 395 g/mol. The van der Waals surface area contributed by atoms with Crippen molar-refractivity contribution in [3.05, 3.63) is 70.9 Å². The van der Waals surface area contributed by atoms with E-state index in [-0.39, 0.29) is 18.2 Å². The number of benzene rings is 2. The lowest BCUT2D eigenvalue weighted by Crippen LogP contribution is -2.27. The summed E-state index contributed by atoms with van der Waals surface area (Å²) in [4.78, 5) is 24.8. The van der Waals surface area contributed by atoms with Crippen LogP contribution in [-0.2, 0) is 16.1 Å². The molecule has 29 heavy (non-hydrogen) atoms. The lowest BCUT2D eigenvalue weighted by molar-refractivity contribution is -0.116. The third-order valence-electron chi connectivity index (χ3n) is 5.00. The van der Waals surface area contributed by atoms with Gasteiger partial charge in [-0.2, -0.15) is 0 Å². The average molecular weight is 395 g/mol. The SMILES string of the molecule is O=C(Cn1ccc2ccccc2c1=O)Nc1ccc(NCC2CCCO2)c(F)c1. The van der Waals surface area contributed by atoms with Crippen molar-refractivity contribution in [2.24, 2.45) is 0 Å². The summed E-state index contributed by atoms with van der Waals surface area (Å²) in [6.45, 7) is 1.15. The lowest BCUT2D eigenvalue weighted by Gasteiger charge is -2.13. The molecule has 2 N–H and O–H groups in total. The number of halogens is 1. The molecule has 1 atom stereocenters. The summed E-state index contributed by atoms with van der Waals surface area (Å²) >= 11 is 0. The summed E-state index contributed by atoms with van der Waals surface area (Å²) in [6.07, 6.45) is 3.69. The molecule has 3 aromatic rings. The van der Waals surface area contributed by atoms with E-state index >= 15 is 0 Å². The van der Waals surface area contributed by atoms with Gasteiger partial charge < -0.3 is 19.9 Å². The van der Waals surface area contributed by atoms with Crippen LogP contribution in [0.15, 0.2) is 59.5 Å². The average Bonchev–Trinajstić information content (AvgIpc) is 3.23. The molecule has 1 unspecified atom stereocenters. The zero-order chi connectivity index (χ0) is 20.2. The number of ether oxygens (including phenoxy) is 1. The van der Waals surface area contributed by atoms with Crippen LogP contribution in [0.3, 0.4) is 0 Å². The predicted octanol–water partition coefficient (Wildman–Crippen LogP) is 3.37. The summed E-state index contributed by atoms with van der Waals surface area (Å²) in [5.41, 5.74) is 0.464. The second-order valence-electron chi connectivity index (χ2n) is 7.09. The number of nitrogens with zero attached hydrogens (tertiary/aromatic N) is 1. The van der Waals surface area contributed by atoms with E-state index in [1.54, 1.807) is 36.5 Å². The number of carbonyl (C=O) groups excluding carboxylic acids is 1. The maximum Gasteiger partial charge on any atom is 0.258 e. The molecule has 1 aliphatic heterocycles. The van der Waals surface area contributed by atoms with E-state index in [0.29, 0.717) is 23.3 Å². The van der Waals surface area contributed by atoms with Gasteiger partial charge in [0.15, 0.2) is 0 Å². The highest BCUT2D eigenvalue weighted by Crippen LogP contribution is 2.20. The highest BCUT2D eigenvalue weighted by atomic mass is 19.1.